The molecular weight excluding hydrogens is 348 g/mol. The minimum absolute atomic E-state index is 0.302. The van der Waals surface area contributed by atoms with Crippen molar-refractivity contribution < 1.29 is 14.7 Å². The van der Waals surface area contributed by atoms with E-state index in [9.17, 15) is 14.7 Å². The molecule has 0 aliphatic heterocycles. The molecule has 24 heavy (non-hydrogen) atoms. The summed E-state index contributed by atoms with van der Waals surface area (Å²) in [4.78, 5) is 28.1. The molecule has 2 aromatic rings. The summed E-state index contributed by atoms with van der Waals surface area (Å²) in [6.45, 7) is 0. The number of rotatable bonds is 4. The van der Waals surface area contributed by atoms with Crippen molar-refractivity contribution in [3.05, 3.63) is 46.8 Å². The minimum atomic E-state index is -0.944. The van der Waals surface area contributed by atoms with E-state index in [1.165, 1.54) is 11.3 Å². The number of allylic oxidation sites excluding steroid dienone is 2. The molecule has 3 rings (SSSR count). The van der Waals surface area contributed by atoms with Crippen LogP contribution >= 0.6 is 22.9 Å². The fourth-order valence-electron chi connectivity index (χ4n) is 2.66. The van der Waals surface area contributed by atoms with E-state index in [-0.39, 0.29) is 5.91 Å². The van der Waals surface area contributed by atoms with Crippen molar-refractivity contribution in [3.63, 3.8) is 0 Å². The van der Waals surface area contributed by atoms with Crippen LogP contribution in [0.2, 0.25) is 5.02 Å². The van der Waals surface area contributed by atoms with Gasteiger partial charge in [-0.2, -0.15) is 0 Å². The zero-order valence-corrected chi connectivity index (χ0v) is 14.2. The number of aromatic nitrogens is 1. The zero-order chi connectivity index (χ0) is 17.1. The molecule has 0 saturated carbocycles. The Morgan fingerprint density at radius 2 is 1.83 bits per heavy atom. The number of hydrogen-bond donors (Lipinski definition) is 2. The van der Waals surface area contributed by atoms with Gasteiger partial charge in [0.2, 0.25) is 5.91 Å². The highest BCUT2D eigenvalue weighted by Gasteiger charge is 2.34. The van der Waals surface area contributed by atoms with E-state index in [0.29, 0.717) is 23.0 Å². The van der Waals surface area contributed by atoms with Crippen LogP contribution in [0.1, 0.15) is 12.8 Å². The molecule has 0 radical (unpaired) electrons. The SMILES string of the molecule is O=C(O)[C@@H]1CC=CC[C@H]1C(=O)Nc1nc(-c2ccc(Cl)cc2)cs1. The summed E-state index contributed by atoms with van der Waals surface area (Å²) >= 11 is 7.18. The summed E-state index contributed by atoms with van der Waals surface area (Å²) in [6, 6.07) is 7.27. The number of thiazole rings is 1. The maximum Gasteiger partial charge on any atom is 0.307 e. The molecule has 2 atom stereocenters. The van der Waals surface area contributed by atoms with Crippen molar-refractivity contribution in [2.75, 3.05) is 5.32 Å². The monoisotopic (exact) mass is 362 g/mol. The van der Waals surface area contributed by atoms with Gasteiger partial charge in [0.15, 0.2) is 5.13 Å². The van der Waals surface area contributed by atoms with E-state index < -0.39 is 17.8 Å². The van der Waals surface area contributed by atoms with Crippen LogP contribution in [0.4, 0.5) is 5.13 Å². The Morgan fingerprint density at radius 3 is 2.50 bits per heavy atom. The minimum Gasteiger partial charge on any atom is -0.481 e. The van der Waals surface area contributed by atoms with Crippen LogP contribution < -0.4 is 5.32 Å². The summed E-state index contributed by atoms with van der Waals surface area (Å²) in [5.41, 5.74) is 1.64. The third-order valence-electron chi connectivity index (χ3n) is 3.96. The highest BCUT2D eigenvalue weighted by Crippen LogP contribution is 2.29. The molecule has 0 saturated heterocycles. The van der Waals surface area contributed by atoms with Gasteiger partial charge in [-0.3, -0.25) is 9.59 Å². The predicted molar refractivity (Wildman–Crippen MR) is 94.2 cm³/mol. The van der Waals surface area contributed by atoms with Crippen molar-refractivity contribution in [2.24, 2.45) is 11.8 Å². The van der Waals surface area contributed by atoms with Gasteiger partial charge in [0.1, 0.15) is 0 Å². The second kappa shape index (κ2) is 7.15. The molecule has 1 aromatic heterocycles. The molecule has 2 N–H and O–H groups in total. The van der Waals surface area contributed by atoms with Crippen LogP contribution in [-0.2, 0) is 9.59 Å². The van der Waals surface area contributed by atoms with Gasteiger partial charge in [0, 0.05) is 16.0 Å². The first-order valence-corrected chi connectivity index (χ1v) is 8.70. The Balaban J connectivity index is 1.72. The highest BCUT2D eigenvalue weighted by atomic mass is 35.5. The summed E-state index contributed by atoms with van der Waals surface area (Å²) in [6.07, 6.45) is 4.47. The molecule has 0 bridgehead atoms. The Bertz CT molecular complexity index is 785. The zero-order valence-electron chi connectivity index (χ0n) is 12.6. The van der Waals surface area contributed by atoms with Gasteiger partial charge >= 0.3 is 5.97 Å². The van der Waals surface area contributed by atoms with Crippen LogP contribution in [0, 0.1) is 11.8 Å². The number of aliphatic carboxylic acids is 1. The van der Waals surface area contributed by atoms with Gasteiger partial charge in [-0.1, -0.05) is 35.9 Å². The van der Waals surface area contributed by atoms with Gasteiger partial charge in [0.05, 0.1) is 17.5 Å². The Hall–Kier alpha value is -2.18. The first-order valence-electron chi connectivity index (χ1n) is 7.44. The van der Waals surface area contributed by atoms with Gasteiger partial charge in [-0.25, -0.2) is 4.98 Å². The van der Waals surface area contributed by atoms with Crippen LogP contribution in [0.15, 0.2) is 41.8 Å². The van der Waals surface area contributed by atoms with Crippen molar-refractivity contribution >= 4 is 39.9 Å². The molecule has 0 unspecified atom stereocenters. The number of carbonyl (C=O) groups excluding carboxylic acids is 1. The maximum atomic E-state index is 12.4. The second-order valence-electron chi connectivity index (χ2n) is 5.53. The molecule has 0 fully saturated rings. The highest BCUT2D eigenvalue weighted by molar-refractivity contribution is 7.14. The number of nitrogens with zero attached hydrogens (tertiary/aromatic N) is 1. The smallest absolute Gasteiger partial charge is 0.307 e. The number of anilines is 1. The summed E-state index contributed by atoms with van der Waals surface area (Å²) < 4.78 is 0. The topological polar surface area (TPSA) is 79.3 Å². The van der Waals surface area contributed by atoms with Crippen molar-refractivity contribution in [1.29, 1.82) is 0 Å². The summed E-state index contributed by atoms with van der Waals surface area (Å²) in [5, 5.41) is 15.0. The number of amides is 1. The second-order valence-corrected chi connectivity index (χ2v) is 6.82. The first kappa shape index (κ1) is 16.7. The van der Waals surface area contributed by atoms with Crippen LogP contribution in [0.3, 0.4) is 0 Å². The van der Waals surface area contributed by atoms with Gasteiger partial charge in [-0.05, 0) is 25.0 Å². The van der Waals surface area contributed by atoms with Crippen molar-refractivity contribution in [2.45, 2.75) is 12.8 Å². The fourth-order valence-corrected chi connectivity index (χ4v) is 3.51. The number of nitrogens with one attached hydrogen (secondary N) is 1. The molecule has 1 aliphatic rings. The van der Waals surface area contributed by atoms with Crippen molar-refractivity contribution in [1.82, 2.24) is 4.98 Å². The van der Waals surface area contributed by atoms with E-state index in [4.69, 9.17) is 11.6 Å². The standard InChI is InChI=1S/C17H15ClN2O3S/c18-11-7-5-10(6-8-11)14-9-24-17(19-14)20-15(21)12-3-1-2-4-13(12)16(22)23/h1-2,5-9,12-13H,3-4H2,(H,22,23)(H,19,20,21)/t12-,13-/m1/s1. The lowest BCUT2D eigenvalue weighted by atomic mass is 9.82. The van der Waals surface area contributed by atoms with Crippen LogP contribution in [0.25, 0.3) is 11.3 Å². The first-order chi connectivity index (χ1) is 11.5. The largest absolute Gasteiger partial charge is 0.481 e. The van der Waals surface area contributed by atoms with E-state index in [0.717, 1.165) is 11.3 Å². The third-order valence-corrected chi connectivity index (χ3v) is 4.97. The van der Waals surface area contributed by atoms with E-state index in [2.05, 4.69) is 10.3 Å². The van der Waals surface area contributed by atoms with E-state index in [1.807, 2.05) is 29.7 Å². The number of carboxylic acids is 1. The molecule has 1 amide bonds. The average molecular weight is 363 g/mol. The molecule has 1 heterocycles. The number of benzene rings is 1. The number of hydrogen-bond acceptors (Lipinski definition) is 4. The van der Waals surface area contributed by atoms with Crippen LogP contribution in [-0.4, -0.2) is 22.0 Å². The lowest BCUT2D eigenvalue weighted by Crippen LogP contribution is -2.34. The average Bonchev–Trinajstić information content (AvgIpc) is 3.04. The van der Waals surface area contributed by atoms with Gasteiger partial charge < -0.3 is 10.4 Å². The molecule has 1 aromatic carbocycles. The summed E-state index contributed by atoms with van der Waals surface area (Å²) in [5.74, 6) is -2.51. The Morgan fingerprint density at radius 1 is 1.17 bits per heavy atom. The molecule has 5 nitrogen and oxygen atoms in total. The Labute approximate surface area is 148 Å². The molecule has 124 valence electrons. The molecular formula is C17H15ClN2O3S. The lowest BCUT2D eigenvalue weighted by molar-refractivity contribution is -0.146. The predicted octanol–water partition coefficient (Wildman–Crippen LogP) is 4.07. The van der Waals surface area contributed by atoms with E-state index >= 15 is 0 Å². The van der Waals surface area contributed by atoms with Gasteiger partial charge in [0.25, 0.3) is 0 Å². The normalized spacial score (nSPS) is 19.9. The molecule has 0 spiro atoms. The van der Waals surface area contributed by atoms with Gasteiger partial charge in [-0.15, -0.1) is 11.3 Å². The fraction of sp³-hybridized carbons (Fsp3) is 0.235. The number of carboxylic acid groups (broad SMARTS) is 1. The lowest BCUT2D eigenvalue weighted by Gasteiger charge is -2.23. The number of carbonyl (C=O) groups is 2. The van der Waals surface area contributed by atoms with E-state index in [1.54, 1.807) is 12.1 Å². The molecule has 1 aliphatic carbocycles. The van der Waals surface area contributed by atoms with Crippen molar-refractivity contribution in [3.8, 4) is 11.3 Å². The number of halogens is 1. The Kier molecular flexibility index (Phi) is 4.97. The third kappa shape index (κ3) is 3.66. The summed E-state index contributed by atoms with van der Waals surface area (Å²) in [7, 11) is 0. The maximum absolute atomic E-state index is 12.4. The quantitative estimate of drug-likeness (QED) is 0.803. The van der Waals surface area contributed by atoms with Crippen LogP contribution in [0.5, 0.6) is 0 Å². The molecule has 7 heteroatoms.